The monoisotopic (exact) mass is 424 g/mol. The molecule has 3 rings (SSSR count). The van der Waals surface area contributed by atoms with Gasteiger partial charge in [0.05, 0.1) is 19.3 Å². The number of fused-ring (bicyclic) bond motifs is 1. The Morgan fingerprint density at radius 1 is 1.26 bits per heavy atom. The number of nitrogens with one attached hydrogen (secondary N) is 1. The molecule has 1 N–H and O–H groups in total. The molecular weight excluding hydrogens is 388 g/mol. The SMILES string of the molecule is C/C=C1\CN(C(=O)c2ccc(CCC=O)c(C)c2)Cc2cnn(C)c2N1.C=CC.CC. The molecule has 0 aliphatic carbocycles. The molecule has 1 amide bonds. The van der Waals surface area contributed by atoms with Crippen LogP contribution in [0.2, 0.25) is 0 Å². The van der Waals surface area contributed by atoms with E-state index in [0.717, 1.165) is 34.5 Å². The number of anilines is 1. The highest BCUT2D eigenvalue weighted by Gasteiger charge is 2.24. The predicted octanol–water partition coefficient (Wildman–Crippen LogP) is 5.05. The van der Waals surface area contributed by atoms with Crippen molar-refractivity contribution in [3.63, 3.8) is 0 Å². The standard InChI is InChI=1S/C20H24N4O2.C3H6.C2H6/c1-4-18-13-24(12-17-11-21-23(3)19(17)22-18)20(26)16-8-7-15(6-5-9-25)14(2)10-16;1-3-2;1-2/h4,7-11,22H,5-6,12-13H2,1-3H3;3H,1H2,2H3;1-2H3/b18-4+;;. The van der Waals surface area contributed by atoms with Gasteiger partial charge in [-0.3, -0.25) is 9.48 Å². The van der Waals surface area contributed by atoms with Gasteiger partial charge in [0, 0.05) is 30.3 Å². The van der Waals surface area contributed by atoms with Crippen LogP contribution >= 0.6 is 0 Å². The number of aromatic nitrogens is 2. The molecule has 2 heterocycles. The zero-order valence-corrected chi connectivity index (χ0v) is 19.7. The highest BCUT2D eigenvalue weighted by molar-refractivity contribution is 5.95. The third-order valence-electron chi connectivity index (χ3n) is 4.77. The first-order valence-electron chi connectivity index (χ1n) is 10.8. The molecule has 31 heavy (non-hydrogen) atoms. The minimum atomic E-state index is -0.00658. The van der Waals surface area contributed by atoms with E-state index in [1.807, 2.05) is 70.8 Å². The second-order valence-electron chi connectivity index (χ2n) is 7.00. The van der Waals surface area contributed by atoms with Crippen molar-refractivity contribution < 1.29 is 9.59 Å². The molecule has 1 aromatic carbocycles. The molecular formula is C25H36N4O2. The Balaban J connectivity index is 0.000000884. The van der Waals surface area contributed by atoms with Crippen LogP contribution in [0.15, 0.2) is 48.8 Å². The molecule has 1 aromatic heterocycles. The minimum Gasteiger partial charge on any atom is -0.342 e. The van der Waals surface area contributed by atoms with Crippen molar-refractivity contribution in [2.75, 3.05) is 11.9 Å². The smallest absolute Gasteiger partial charge is 0.254 e. The van der Waals surface area contributed by atoms with Gasteiger partial charge in [-0.2, -0.15) is 5.10 Å². The molecule has 0 spiro atoms. The van der Waals surface area contributed by atoms with E-state index in [0.29, 0.717) is 31.5 Å². The zero-order valence-electron chi connectivity index (χ0n) is 19.7. The predicted molar refractivity (Wildman–Crippen MR) is 128 cm³/mol. The number of aryl methyl sites for hydroxylation is 3. The summed E-state index contributed by atoms with van der Waals surface area (Å²) in [7, 11) is 1.89. The first-order valence-corrected chi connectivity index (χ1v) is 10.8. The lowest BCUT2D eigenvalue weighted by Gasteiger charge is -2.21. The van der Waals surface area contributed by atoms with Gasteiger partial charge in [0.25, 0.3) is 5.91 Å². The molecule has 0 atom stereocenters. The number of carbonyl (C=O) groups is 2. The summed E-state index contributed by atoms with van der Waals surface area (Å²) in [5.74, 6) is 0.918. The van der Waals surface area contributed by atoms with Gasteiger partial charge in [0.15, 0.2) is 0 Å². The van der Waals surface area contributed by atoms with Crippen molar-refractivity contribution in [3.8, 4) is 0 Å². The van der Waals surface area contributed by atoms with E-state index in [4.69, 9.17) is 0 Å². The molecule has 6 heteroatoms. The van der Waals surface area contributed by atoms with Crippen molar-refractivity contribution in [1.82, 2.24) is 14.7 Å². The number of rotatable bonds is 4. The topological polar surface area (TPSA) is 67.2 Å². The molecule has 0 fully saturated rings. The molecule has 168 valence electrons. The Morgan fingerprint density at radius 3 is 2.52 bits per heavy atom. The fraction of sp³-hybridized carbons (Fsp3) is 0.400. The number of aldehydes is 1. The van der Waals surface area contributed by atoms with E-state index in [1.54, 1.807) is 17.0 Å². The van der Waals surface area contributed by atoms with E-state index in [2.05, 4.69) is 17.0 Å². The number of hydrogen-bond acceptors (Lipinski definition) is 4. The highest BCUT2D eigenvalue weighted by atomic mass is 16.2. The van der Waals surface area contributed by atoms with Gasteiger partial charge in [0.1, 0.15) is 12.1 Å². The third-order valence-corrected chi connectivity index (χ3v) is 4.77. The summed E-state index contributed by atoms with van der Waals surface area (Å²) in [6, 6.07) is 5.72. The quantitative estimate of drug-likeness (QED) is 0.551. The summed E-state index contributed by atoms with van der Waals surface area (Å²) < 4.78 is 1.79. The molecule has 0 radical (unpaired) electrons. The molecule has 6 nitrogen and oxygen atoms in total. The van der Waals surface area contributed by atoms with Crippen molar-refractivity contribution in [2.24, 2.45) is 7.05 Å². The highest BCUT2D eigenvalue weighted by Crippen LogP contribution is 2.24. The lowest BCUT2D eigenvalue weighted by molar-refractivity contribution is -0.107. The van der Waals surface area contributed by atoms with E-state index in [9.17, 15) is 9.59 Å². The van der Waals surface area contributed by atoms with Crippen molar-refractivity contribution >= 4 is 18.0 Å². The molecule has 0 saturated carbocycles. The summed E-state index contributed by atoms with van der Waals surface area (Å²) in [6.45, 7) is 14.2. The van der Waals surface area contributed by atoms with Gasteiger partial charge < -0.3 is 15.0 Å². The third kappa shape index (κ3) is 6.95. The second kappa shape index (κ2) is 13.2. The van der Waals surface area contributed by atoms with Gasteiger partial charge in [-0.1, -0.05) is 32.1 Å². The number of nitrogens with zero attached hydrogens (tertiary/aromatic N) is 3. The summed E-state index contributed by atoms with van der Waals surface area (Å²) in [5, 5.41) is 7.66. The van der Waals surface area contributed by atoms with Crippen molar-refractivity contribution in [3.05, 3.63) is 71.1 Å². The van der Waals surface area contributed by atoms with Crippen LogP contribution in [-0.4, -0.2) is 33.4 Å². The fourth-order valence-electron chi connectivity index (χ4n) is 3.23. The average molecular weight is 425 g/mol. The first kappa shape index (κ1) is 25.9. The molecule has 0 unspecified atom stereocenters. The van der Waals surface area contributed by atoms with E-state index in [1.165, 1.54) is 0 Å². The summed E-state index contributed by atoms with van der Waals surface area (Å²) in [5.41, 5.74) is 4.78. The normalized spacial score (nSPS) is 13.5. The number of hydrogen-bond donors (Lipinski definition) is 1. The Labute approximate surface area is 186 Å². The van der Waals surface area contributed by atoms with E-state index >= 15 is 0 Å². The van der Waals surface area contributed by atoms with Crippen LogP contribution in [0.4, 0.5) is 5.82 Å². The molecule has 0 saturated heterocycles. The Morgan fingerprint density at radius 2 is 1.94 bits per heavy atom. The Hall–Kier alpha value is -3.15. The largest absolute Gasteiger partial charge is 0.342 e. The lowest BCUT2D eigenvalue weighted by Crippen LogP contribution is -2.32. The van der Waals surface area contributed by atoms with E-state index in [-0.39, 0.29) is 5.91 Å². The van der Waals surface area contributed by atoms with Crippen LogP contribution < -0.4 is 5.32 Å². The average Bonchev–Trinajstić information content (AvgIpc) is 3.00. The maximum absolute atomic E-state index is 13.1. The summed E-state index contributed by atoms with van der Waals surface area (Å²) in [4.78, 5) is 25.5. The maximum atomic E-state index is 13.1. The summed E-state index contributed by atoms with van der Waals surface area (Å²) in [6.07, 6.45) is 7.66. The van der Waals surface area contributed by atoms with E-state index < -0.39 is 0 Å². The van der Waals surface area contributed by atoms with Gasteiger partial charge in [0.2, 0.25) is 0 Å². The number of carbonyl (C=O) groups excluding carboxylic acids is 2. The van der Waals surface area contributed by atoms with Crippen LogP contribution in [-0.2, 0) is 24.8 Å². The second-order valence-corrected chi connectivity index (χ2v) is 7.00. The van der Waals surface area contributed by atoms with Crippen LogP contribution in [0, 0.1) is 6.92 Å². The minimum absolute atomic E-state index is 0.00658. The lowest BCUT2D eigenvalue weighted by atomic mass is 10.0. The first-order chi connectivity index (χ1) is 14.9. The molecule has 0 bridgehead atoms. The van der Waals surface area contributed by atoms with Gasteiger partial charge in [-0.05, 0) is 50.5 Å². The summed E-state index contributed by atoms with van der Waals surface area (Å²) >= 11 is 0. The van der Waals surface area contributed by atoms with Crippen molar-refractivity contribution in [2.45, 2.75) is 54.0 Å². The zero-order chi connectivity index (χ0) is 23.4. The number of amides is 1. The fourth-order valence-corrected chi connectivity index (χ4v) is 3.23. The number of allylic oxidation sites excluding steroid dienone is 2. The van der Waals surface area contributed by atoms with Gasteiger partial charge >= 0.3 is 0 Å². The Kier molecular flexibility index (Phi) is 11.0. The van der Waals surface area contributed by atoms with Crippen LogP contribution in [0.1, 0.15) is 61.2 Å². The van der Waals surface area contributed by atoms with Gasteiger partial charge in [-0.15, -0.1) is 6.58 Å². The van der Waals surface area contributed by atoms with Gasteiger partial charge in [-0.25, -0.2) is 0 Å². The maximum Gasteiger partial charge on any atom is 0.254 e. The van der Waals surface area contributed by atoms with Crippen molar-refractivity contribution in [1.29, 1.82) is 0 Å². The molecule has 1 aliphatic rings. The molecule has 1 aliphatic heterocycles. The van der Waals surface area contributed by atoms with Crippen LogP contribution in [0.5, 0.6) is 0 Å². The van der Waals surface area contributed by atoms with Crippen LogP contribution in [0.25, 0.3) is 0 Å². The van der Waals surface area contributed by atoms with Crippen LogP contribution in [0.3, 0.4) is 0 Å². The molecule has 2 aromatic rings. The number of benzene rings is 1. The Bertz CT molecular complexity index is 912.